The summed E-state index contributed by atoms with van der Waals surface area (Å²) < 4.78 is 0. The van der Waals surface area contributed by atoms with Crippen molar-refractivity contribution in [3.05, 3.63) is 41.2 Å². The van der Waals surface area contributed by atoms with Gasteiger partial charge in [-0.1, -0.05) is 44.5 Å². The van der Waals surface area contributed by atoms with Gasteiger partial charge in [-0.05, 0) is 80.9 Å². The van der Waals surface area contributed by atoms with Gasteiger partial charge in [0.1, 0.15) is 5.66 Å². The van der Waals surface area contributed by atoms with Crippen molar-refractivity contribution in [1.82, 2.24) is 35.7 Å². The first-order chi connectivity index (χ1) is 18.9. The molecule has 10 heteroatoms. The van der Waals surface area contributed by atoms with E-state index in [2.05, 4.69) is 56.5 Å². The van der Waals surface area contributed by atoms with Crippen molar-refractivity contribution in [1.29, 1.82) is 0 Å². The number of aromatic nitrogens is 4. The third kappa shape index (κ3) is 5.70. The molecular formula is C29H42N8O2. The second kappa shape index (κ2) is 11.8. The second-order valence-electron chi connectivity index (χ2n) is 11.7. The summed E-state index contributed by atoms with van der Waals surface area (Å²) in [6.45, 7) is 8.81. The molecule has 3 aliphatic rings. The number of tetrazole rings is 1. The van der Waals surface area contributed by atoms with Crippen molar-refractivity contribution in [2.75, 3.05) is 13.1 Å². The molecule has 2 aliphatic heterocycles. The van der Waals surface area contributed by atoms with Crippen molar-refractivity contribution in [2.24, 2.45) is 16.8 Å². The van der Waals surface area contributed by atoms with Crippen molar-refractivity contribution >= 4 is 17.6 Å². The highest BCUT2D eigenvalue weighted by atomic mass is 16.2. The lowest BCUT2D eigenvalue weighted by atomic mass is 9.76. The van der Waals surface area contributed by atoms with Crippen LogP contribution >= 0.6 is 0 Å². The van der Waals surface area contributed by atoms with E-state index in [4.69, 9.17) is 4.99 Å². The number of benzene rings is 1. The maximum Gasteiger partial charge on any atom is 0.291 e. The molecule has 1 aromatic heterocycles. The van der Waals surface area contributed by atoms with Crippen LogP contribution in [0.4, 0.5) is 0 Å². The number of amidine groups is 1. The zero-order valence-corrected chi connectivity index (χ0v) is 23.5. The molecule has 1 aliphatic carbocycles. The Labute approximate surface area is 231 Å². The van der Waals surface area contributed by atoms with Gasteiger partial charge in [-0.25, -0.2) is 4.99 Å². The Kier molecular flexibility index (Phi) is 8.28. The van der Waals surface area contributed by atoms with Gasteiger partial charge < -0.3 is 15.1 Å². The summed E-state index contributed by atoms with van der Waals surface area (Å²) >= 11 is 0. The van der Waals surface area contributed by atoms with Gasteiger partial charge in [-0.2, -0.15) is 5.21 Å². The zero-order valence-electron chi connectivity index (χ0n) is 23.5. The number of carbonyl (C=O) groups is 2. The molecule has 1 saturated heterocycles. The zero-order chi connectivity index (χ0) is 27.4. The SMILES string of the molecule is CCC[C@H](c1ccc(C(=O)NCc2nn[nH]n2)cc1)N1C(=O)C(N2CCCCC2)=NC12CCC(C(C)C)CC2. The lowest BCUT2D eigenvalue weighted by Gasteiger charge is -2.46. The Balaban J connectivity index is 1.40. The van der Waals surface area contributed by atoms with Crippen LogP contribution in [-0.4, -0.2) is 66.8 Å². The summed E-state index contributed by atoms with van der Waals surface area (Å²) in [5.74, 6) is 2.31. The highest BCUT2D eigenvalue weighted by Crippen LogP contribution is 2.47. The highest BCUT2D eigenvalue weighted by Gasteiger charge is 2.52. The molecule has 0 radical (unpaired) electrons. The third-order valence-corrected chi connectivity index (χ3v) is 8.83. The predicted molar refractivity (Wildman–Crippen MR) is 149 cm³/mol. The fourth-order valence-corrected chi connectivity index (χ4v) is 6.55. The van der Waals surface area contributed by atoms with Crippen LogP contribution in [0, 0.1) is 11.8 Å². The Hall–Kier alpha value is -3.30. The smallest absolute Gasteiger partial charge is 0.291 e. The van der Waals surface area contributed by atoms with E-state index in [1.807, 2.05) is 24.3 Å². The van der Waals surface area contributed by atoms with Crippen LogP contribution in [0.5, 0.6) is 0 Å². The Morgan fingerprint density at radius 3 is 2.46 bits per heavy atom. The number of H-pyrrole nitrogens is 1. The van der Waals surface area contributed by atoms with Gasteiger partial charge in [-0.15, -0.1) is 10.2 Å². The summed E-state index contributed by atoms with van der Waals surface area (Å²) in [5, 5.41) is 16.5. The van der Waals surface area contributed by atoms with Gasteiger partial charge in [-0.3, -0.25) is 9.59 Å². The van der Waals surface area contributed by atoms with Crippen molar-refractivity contribution in [3.8, 4) is 0 Å². The lowest BCUT2D eigenvalue weighted by Crippen LogP contribution is -2.52. The molecule has 1 aromatic carbocycles. The molecule has 1 spiro atoms. The standard InChI is InChI=1S/C29H42N8O2/c1-4-8-24(22-9-11-23(12-10-22)27(38)30-19-25-32-34-35-33-25)37-28(39)26(36-17-6-5-7-18-36)31-29(37)15-13-21(14-16-29)20(2)3/h9-12,20-21,24H,4-8,13-19H2,1-3H3,(H,30,38)(H,32,33,34,35)/t21?,24-,29?/m1/s1. The maximum atomic E-state index is 14.2. The van der Waals surface area contributed by atoms with E-state index >= 15 is 0 Å². The number of hydrogen-bond acceptors (Lipinski definition) is 7. The van der Waals surface area contributed by atoms with E-state index in [-0.39, 0.29) is 24.4 Å². The first-order valence-corrected chi connectivity index (χ1v) is 14.7. The molecule has 10 nitrogen and oxygen atoms in total. The number of hydrogen-bond donors (Lipinski definition) is 2. The molecule has 2 aromatic rings. The lowest BCUT2D eigenvalue weighted by molar-refractivity contribution is -0.134. The number of rotatable bonds is 8. The van der Waals surface area contributed by atoms with Gasteiger partial charge in [0, 0.05) is 18.7 Å². The van der Waals surface area contributed by atoms with Gasteiger partial charge in [0.15, 0.2) is 11.7 Å². The average Bonchev–Trinajstić information content (AvgIpc) is 3.58. The van der Waals surface area contributed by atoms with Crippen LogP contribution in [0.3, 0.4) is 0 Å². The largest absolute Gasteiger partial charge is 0.352 e. The predicted octanol–water partition coefficient (Wildman–Crippen LogP) is 4.24. The number of likely N-dealkylation sites (tertiary alicyclic amines) is 1. The molecule has 210 valence electrons. The molecule has 2 amide bonds. The molecule has 5 rings (SSSR count). The number of nitrogens with zero attached hydrogens (tertiary/aromatic N) is 6. The quantitative estimate of drug-likeness (QED) is 0.523. The van der Waals surface area contributed by atoms with Crippen LogP contribution < -0.4 is 5.32 Å². The van der Waals surface area contributed by atoms with Gasteiger partial charge in [0.25, 0.3) is 11.8 Å². The monoisotopic (exact) mass is 534 g/mol. The molecule has 0 unspecified atom stereocenters. The van der Waals surface area contributed by atoms with Crippen LogP contribution in [0.15, 0.2) is 29.3 Å². The number of aliphatic imine (C=N–C) groups is 1. The summed E-state index contributed by atoms with van der Waals surface area (Å²) in [5.41, 5.74) is 1.14. The van der Waals surface area contributed by atoms with E-state index in [0.717, 1.165) is 70.0 Å². The van der Waals surface area contributed by atoms with Crippen LogP contribution in [0.2, 0.25) is 0 Å². The normalized spacial score (nSPS) is 24.4. The summed E-state index contributed by atoms with van der Waals surface area (Å²) in [4.78, 5) is 36.6. The molecule has 2 fully saturated rings. The van der Waals surface area contributed by atoms with E-state index < -0.39 is 5.66 Å². The fourth-order valence-electron chi connectivity index (χ4n) is 6.55. The maximum absolute atomic E-state index is 14.2. The Morgan fingerprint density at radius 1 is 1.13 bits per heavy atom. The topological polar surface area (TPSA) is 119 Å². The molecule has 39 heavy (non-hydrogen) atoms. The number of aromatic amines is 1. The first kappa shape index (κ1) is 27.3. The van der Waals surface area contributed by atoms with Crippen molar-refractivity contribution in [3.63, 3.8) is 0 Å². The van der Waals surface area contributed by atoms with E-state index in [1.54, 1.807) is 0 Å². The van der Waals surface area contributed by atoms with Crippen LogP contribution in [0.1, 0.15) is 106 Å². The summed E-state index contributed by atoms with van der Waals surface area (Å²) in [7, 11) is 0. The fraction of sp³-hybridized carbons (Fsp3) is 0.655. The highest BCUT2D eigenvalue weighted by molar-refractivity contribution is 6.39. The van der Waals surface area contributed by atoms with E-state index in [0.29, 0.717) is 29.1 Å². The number of piperidine rings is 1. The molecule has 3 heterocycles. The Bertz CT molecular complexity index is 1150. The van der Waals surface area contributed by atoms with Crippen LogP contribution in [-0.2, 0) is 11.3 Å². The van der Waals surface area contributed by atoms with E-state index in [9.17, 15) is 9.59 Å². The average molecular weight is 535 g/mol. The van der Waals surface area contributed by atoms with Gasteiger partial charge in [0.2, 0.25) is 0 Å². The number of carbonyl (C=O) groups excluding carboxylic acids is 2. The van der Waals surface area contributed by atoms with Crippen LogP contribution in [0.25, 0.3) is 0 Å². The van der Waals surface area contributed by atoms with Crippen molar-refractivity contribution < 1.29 is 9.59 Å². The van der Waals surface area contributed by atoms with Crippen molar-refractivity contribution in [2.45, 2.75) is 96.8 Å². The number of amides is 2. The third-order valence-electron chi connectivity index (χ3n) is 8.83. The minimum absolute atomic E-state index is 0.0828. The minimum atomic E-state index is -0.476. The second-order valence-corrected chi connectivity index (χ2v) is 11.7. The van der Waals surface area contributed by atoms with Gasteiger partial charge >= 0.3 is 0 Å². The molecule has 0 bridgehead atoms. The van der Waals surface area contributed by atoms with E-state index in [1.165, 1.54) is 6.42 Å². The molecule has 2 N–H and O–H groups in total. The minimum Gasteiger partial charge on any atom is -0.352 e. The first-order valence-electron chi connectivity index (χ1n) is 14.7. The molecular weight excluding hydrogens is 492 g/mol. The Morgan fingerprint density at radius 2 is 1.85 bits per heavy atom. The number of nitrogens with one attached hydrogen (secondary N) is 2. The molecule has 1 atom stereocenters. The summed E-state index contributed by atoms with van der Waals surface area (Å²) in [6.07, 6.45) is 9.26. The molecule has 1 saturated carbocycles. The van der Waals surface area contributed by atoms with Gasteiger partial charge in [0.05, 0.1) is 12.6 Å². The summed E-state index contributed by atoms with van der Waals surface area (Å²) in [6, 6.07) is 7.62.